The number of rotatable bonds is 7. The minimum atomic E-state index is -1.88. The van der Waals surface area contributed by atoms with Gasteiger partial charge in [0.25, 0.3) is 0 Å². The van der Waals surface area contributed by atoms with E-state index in [-0.39, 0.29) is 34.5 Å². The summed E-state index contributed by atoms with van der Waals surface area (Å²) in [6.45, 7) is 11.4. The van der Waals surface area contributed by atoms with Crippen LogP contribution in [-0.2, 0) is 4.43 Å². The predicted molar refractivity (Wildman–Crippen MR) is 176 cm³/mol. The number of amides is 1. The van der Waals surface area contributed by atoms with E-state index in [4.69, 9.17) is 9.41 Å². The number of hydrogen-bond donors (Lipinski definition) is 2. The highest BCUT2D eigenvalue weighted by molar-refractivity contribution is 6.74. The zero-order valence-corrected chi connectivity index (χ0v) is 27.5. The van der Waals surface area contributed by atoms with Gasteiger partial charge in [0.2, 0.25) is 0 Å². The third-order valence-corrected chi connectivity index (χ3v) is 14.2. The van der Waals surface area contributed by atoms with Crippen molar-refractivity contribution in [3.63, 3.8) is 0 Å². The zero-order chi connectivity index (χ0) is 32.1. The average molecular weight is 625 g/mol. The molecule has 0 bridgehead atoms. The van der Waals surface area contributed by atoms with Gasteiger partial charge in [0.1, 0.15) is 11.6 Å². The van der Waals surface area contributed by atoms with Crippen molar-refractivity contribution in [1.82, 2.24) is 19.5 Å². The second-order valence-electron chi connectivity index (χ2n) is 13.9. The van der Waals surface area contributed by atoms with Crippen LogP contribution < -0.4 is 10.6 Å². The van der Waals surface area contributed by atoms with Crippen LogP contribution in [0.3, 0.4) is 0 Å². The summed E-state index contributed by atoms with van der Waals surface area (Å²) < 4.78 is 8.58. The molecule has 10 nitrogen and oxygen atoms in total. The highest BCUT2D eigenvalue weighted by Gasteiger charge is 2.40. The number of pyridine rings is 2. The van der Waals surface area contributed by atoms with Crippen LogP contribution in [0.25, 0.3) is 22.3 Å². The van der Waals surface area contributed by atoms with Crippen molar-refractivity contribution in [3.8, 4) is 17.3 Å². The maximum atomic E-state index is 13.3. The second-order valence-corrected chi connectivity index (χ2v) is 18.6. The summed E-state index contributed by atoms with van der Waals surface area (Å²) in [4.78, 5) is 38.9. The van der Waals surface area contributed by atoms with Gasteiger partial charge in [-0.3, -0.25) is 4.57 Å². The molecule has 3 heterocycles. The number of aromatic amines is 1. The normalized spacial score (nSPS) is 18.9. The first-order chi connectivity index (χ1) is 21.3. The fourth-order valence-corrected chi connectivity index (χ4v) is 7.46. The van der Waals surface area contributed by atoms with Crippen LogP contribution in [0.4, 0.5) is 16.4 Å². The number of nitriles is 1. The Balaban J connectivity index is 1.34. The monoisotopic (exact) mass is 624 g/mol. The molecule has 0 aliphatic heterocycles. The number of benzene rings is 1. The molecule has 1 aromatic carbocycles. The minimum absolute atomic E-state index is 0.0584. The number of H-pyrrole nitrogens is 1. The molecule has 2 fully saturated rings. The van der Waals surface area contributed by atoms with Crippen molar-refractivity contribution in [2.75, 3.05) is 4.90 Å². The first-order valence-corrected chi connectivity index (χ1v) is 18.6. The molecular formula is C34H40N6O4Si. The molecule has 6 rings (SSSR count). The van der Waals surface area contributed by atoms with E-state index in [1.807, 2.05) is 34.9 Å². The first kappa shape index (κ1) is 30.7. The lowest BCUT2D eigenvalue weighted by atomic mass is 9.93. The fraction of sp³-hybridized carbons (Fsp3) is 0.441. The van der Waals surface area contributed by atoms with E-state index in [2.05, 4.69) is 43.8 Å². The molecule has 2 saturated carbocycles. The number of hydrogen-bond acceptors (Lipinski definition) is 6. The Morgan fingerprint density at radius 1 is 1.07 bits per heavy atom. The van der Waals surface area contributed by atoms with Gasteiger partial charge in [-0.25, -0.2) is 24.5 Å². The number of nitrogens with zero attached hydrogens (tertiary/aromatic N) is 5. The van der Waals surface area contributed by atoms with Crippen molar-refractivity contribution in [2.45, 2.75) is 95.5 Å². The standard InChI is InChI=1S/C34H40N6O4Si/c1-34(2,3)45(4,5)44-26-11-9-25(10-12-26)39-29-18-23(8-13-27(29)38-32(39)41)28-17-24(22-6-7-22)19-31(37-28)40(33(42)43)30-16-21(20-35)14-15-36-30/h8,13-19,22,25-26H,6-7,9-12H2,1-5H3,(H,38,41)(H,42,43)/t25-,26-. The molecule has 0 spiro atoms. The van der Waals surface area contributed by atoms with Crippen LogP contribution in [0.1, 0.15) is 82.4 Å². The summed E-state index contributed by atoms with van der Waals surface area (Å²) in [5, 5.41) is 19.7. The molecule has 0 saturated heterocycles. The number of carboxylic acid groups (broad SMARTS) is 1. The highest BCUT2D eigenvalue weighted by atomic mass is 28.4. The van der Waals surface area contributed by atoms with Crippen LogP contribution in [0.5, 0.6) is 0 Å². The van der Waals surface area contributed by atoms with E-state index in [9.17, 15) is 20.0 Å². The Morgan fingerprint density at radius 2 is 1.80 bits per heavy atom. The van der Waals surface area contributed by atoms with E-state index in [1.165, 1.54) is 18.3 Å². The summed E-state index contributed by atoms with van der Waals surface area (Å²) in [6, 6.07) is 14.7. The van der Waals surface area contributed by atoms with Gasteiger partial charge in [0.05, 0.1) is 28.4 Å². The summed E-state index contributed by atoms with van der Waals surface area (Å²) in [5.41, 5.74) is 4.16. The Bertz CT molecular complexity index is 1850. The minimum Gasteiger partial charge on any atom is -0.464 e. The lowest BCUT2D eigenvalue weighted by Crippen LogP contribution is -2.45. The Morgan fingerprint density at radius 3 is 2.44 bits per heavy atom. The van der Waals surface area contributed by atoms with E-state index in [0.717, 1.165) is 65.6 Å². The SMILES string of the molecule is CC(C)(C)[Si](C)(C)O[C@H]1CC[C@H](n2c(=O)[nH]c3ccc(-c4cc(C5CC5)cc(N(C(=O)O)c5cc(C#N)ccn5)n4)cc32)CC1. The largest absolute Gasteiger partial charge is 0.464 e. The van der Waals surface area contributed by atoms with Gasteiger partial charge < -0.3 is 14.5 Å². The molecule has 0 radical (unpaired) electrons. The Labute approximate surface area is 263 Å². The van der Waals surface area contributed by atoms with Crippen LogP contribution in [0.2, 0.25) is 18.1 Å². The van der Waals surface area contributed by atoms with Gasteiger partial charge in [-0.2, -0.15) is 5.26 Å². The summed E-state index contributed by atoms with van der Waals surface area (Å²) >= 11 is 0. The second kappa shape index (κ2) is 11.6. The molecule has 45 heavy (non-hydrogen) atoms. The highest BCUT2D eigenvalue weighted by Crippen LogP contribution is 2.43. The molecule has 11 heteroatoms. The van der Waals surface area contributed by atoms with Gasteiger partial charge >= 0.3 is 11.8 Å². The van der Waals surface area contributed by atoms with Crippen LogP contribution in [-0.4, -0.2) is 45.1 Å². The van der Waals surface area contributed by atoms with Crippen molar-refractivity contribution >= 4 is 37.1 Å². The van der Waals surface area contributed by atoms with Crippen LogP contribution in [0, 0.1) is 11.3 Å². The third-order valence-electron chi connectivity index (χ3n) is 9.70. The number of aromatic nitrogens is 4. The molecular weight excluding hydrogens is 584 g/mol. The van der Waals surface area contributed by atoms with Gasteiger partial charge in [-0.05, 0) is 105 Å². The molecule has 3 aromatic heterocycles. The van der Waals surface area contributed by atoms with Crippen LogP contribution >= 0.6 is 0 Å². The van der Waals surface area contributed by atoms with E-state index in [1.54, 1.807) is 6.07 Å². The van der Waals surface area contributed by atoms with Gasteiger partial charge in [-0.15, -0.1) is 0 Å². The molecule has 2 aliphatic rings. The van der Waals surface area contributed by atoms with Crippen LogP contribution in [0.15, 0.2) is 53.5 Å². The first-order valence-electron chi connectivity index (χ1n) is 15.7. The number of nitrogens with one attached hydrogen (secondary N) is 1. The zero-order valence-electron chi connectivity index (χ0n) is 26.5. The molecule has 1 amide bonds. The summed E-state index contributed by atoms with van der Waals surface area (Å²) in [5.74, 6) is 0.657. The third kappa shape index (κ3) is 6.17. The molecule has 2 N–H and O–H groups in total. The van der Waals surface area contributed by atoms with Crippen molar-refractivity contribution < 1.29 is 14.3 Å². The molecule has 234 valence electrons. The molecule has 0 unspecified atom stereocenters. The molecule has 0 atom stereocenters. The van der Waals surface area contributed by atoms with E-state index < -0.39 is 14.4 Å². The number of carbonyl (C=O) groups is 1. The fourth-order valence-electron chi connectivity index (χ4n) is 6.03. The number of fused-ring (bicyclic) bond motifs is 1. The number of imidazole rings is 1. The lowest BCUT2D eigenvalue weighted by molar-refractivity contribution is 0.118. The van der Waals surface area contributed by atoms with E-state index >= 15 is 0 Å². The lowest BCUT2D eigenvalue weighted by Gasteiger charge is -2.41. The molecule has 4 aromatic rings. The van der Waals surface area contributed by atoms with Crippen molar-refractivity contribution in [1.29, 1.82) is 5.26 Å². The van der Waals surface area contributed by atoms with Crippen molar-refractivity contribution in [3.05, 3.63) is 70.3 Å². The quantitative estimate of drug-likeness (QED) is 0.200. The summed E-state index contributed by atoms with van der Waals surface area (Å²) in [6.07, 6.45) is 5.98. The topological polar surface area (TPSA) is 137 Å². The maximum absolute atomic E-state index is 13.3. The molecule has 2 aliphatic carbocycles. The average Bonchev–Trinajstić information content (AvgIpc) is 3.79. The van der Waals surface area contributed by atoms with Gasteiger partial charge in [0, 0.05) is 23.9 Å². The smallest absolute Gasteiger partial charge is 0.418 e. The number of anilines is 2. The van der Waals surface area contributed by atoms with Gasteiger partial charge in [0.15, 0.2) is 8.32 Å². The summed E-state index contributed by atoms with van der Waals surface area (Å²) in [7, 11) is -1.88. The Kier molecular flexibility index (Phi) is 7.91. The predicted octanol–water partition coefficient (Wildman–Crippen LogP) is 7.86. The van der Waals surface area contributed by atoms with E-state index in [0.29, 0.717) is 17.2 Å². The maximum Gasteiger partial charge on any atom is 0.418 e. The Hall–Kier alpha value is -4.27. The van der Waals surface area contributed by atoms with Gasteiger partial charge in [-0.1, -0.05) is 26.8 Å². The van der Waals surface area contributed by atoms with Crippen molar-refractivity contribution in [2.24, 2.45) is 0 Å².